The molecule has 0 aliphatic heterocycles. The zero-order chi connectivity index (χ0) is 9.68. The van der Waals surface area contributed by atoms with Crippen LogP contribution in [-0.4, -0.2) is 19.6 Å². The average Bonchev–Trinajstić information content (AvgIpc) is 2.19. The van der Waals surface area contributed by atoms with Crippen LogP contribution >= 0.6 is 0 Å². The Kier molecular flexibility index (Phi) is 3.50. The molecule has 0 saturated heterocycles. The highest BCUT2D eigenvalue weighted by Crippen LogP contribution is 2.01. The van der Waals surface area contributed by atoms with E-state index in [0.717, 1.165) is 13.0 Å². The largest absolute Gasteiger partial charge is 0.450 e. The van der Waals surface area contributed by atoms with Crippen molar-refractivity contribution in [3.63, 3.8) is 0 Å². The van der Waals surface area contributed by atoms with Gasteiger partial charge in [-0.3, -0.25) is 0 Å². The van der Waals surface area contributed by atoms with Gasteiger partial charge in [-0.2, -0.15) is 5.26 Å². The Morgan fingerprint density at radius 1 is 1.62 bits per heavy atom. The van der Waals surface area contributed by atoms with E-state index in [2.05, 4.69) is 0 Å². The van der Waals surface area contributed by atoms with Crippen LogP contribution in [-0.2, 0) is 11.3 Å². The van der Waals surface area contributed by atoms with E-state index in [1.807, 2.05) is 6.07 Å². The number of methoxy groups -OCH3 is 1. The lowest BCUT2D eigenvalue weighted by Gasteiger charge is -2.05. The van der Waals surface area contributed by atoms with Crippen molar-refractivity contribution in [3.8, 4) is 6.07 Å². The molecule has 0 amide bonds. The Morgan fingerprint density at radius 3 is 2.92 bits per heavy atom. The van der Waals surface area contributed by atoms with Crippen molar-refractivity contribution in [1.82, 2.24) is 0 Å². The number of rotatable bonds is 3. The molecule has 3 nitrogen and oxygen atoms in total. The van der Waals surface area contributed by atoms with Gasteiger partial charge >= 0.3 is 7.48 Å². The lowest BCUT2D eigenvalue weighted by atomic mass is 9.83. The summed E-state index contributed by atoms with van der Waals surface area (Å²) in [5, 5.41) is 17.5. The van der Waals surface area contributed by atoms with E-state index in [1.165, 1.54) is 0 Å². The zero-order valence-electron chi connectivity index (χ0n) is 7.32. The fourth-order valence-electron chi connectivity index (χ4n) is 1.07. The first kappa shape index (κ1) is 9.78. The van der Waals surface area contributed by atoms with Gasteiger partial charge in [0.2, 0.25) is 0 Å². The van der Waals surface area contributed by atoms with E-state index in [1.54, 1.807) is 25.3 Å². The van der Waals surface area contributed by atoms with Gasteiger partial charge < -0.3 is 9.76 Å². The minimum absolute atomic E-state index is 0.429. The van der Waals surface area contributed by atoms with Crippen LogP contribution in [0.5, 0.6) is 0 Å². The quantitative estimate of drug-likeness (QED) is 0.653. The van der Waals surface area contributed by atoms with E-state index in [9.17, 15) is 0 Å². The number of hydrogen-bond acceptors (Lipinski definition) is 3. The molecule has 0 aliphatic carbocycles. The molecule has 1 aromatic carbocycles. The molecule has 1 N–H and O–H groups in total. The summed E-state index contributed by atoms with van der Waals surface area (Å²) >= 11 is 0. The van der Waals surface area contributed by atoms with E-state index in [-0.39, 0.29) is 0 Å². The summed E-state index contributed by atoms with van der Waals surface area (Å²) in [6.45, 7) is 0.429. The number of benzene rings is 1. The van der Waals surface area contributed by atoms with Crippen molar-refractivity contribution >= 4 is 12.9 Å². The van der Waals surface area contributed by atoms with Crippen LogP contribution in [0.4, 0.5) is 0 Å². The van der Waals surface area contributed by atoms with Crippen molar-refractivity contribution in [2.24, 2.45) is 0 Å². The Labute approximate surface area is 77.8 Å². The lowest BCUT2D eigenvalue weighted by Crippen LogP contribution is -2.19. The van der Waals surface area contributed by atoms with Crippen LogP contribution in [0.3, 0.4) is 0 Å². The third kappa shape index (κ3) is 2.31. The van der Waals surface area contributed by atoms with Crippen LogP contribution in [0, 0.1) is 11.3 Å². The Hall–Kier alpha value is -1.31. The fourth-order valence-corrected chi connectivity index (χ4v) is 1.07. The van der Waals surface area contributed by atoms with E-state index < -0.39 is 0 Å². The Balaban J connectivity index is 3.02. The number of nitrogens with zero attached hydrogens (tertiary/aromatic N) is 1. The second-order valence-corrected chi connectivity index (χ2v) is 2.59. The van der Waals surface area contributed by atoms with Crippen LogP contribution in [0.25, 0.3) is 0 Å². The molecule has 13 heavy (non-hydrogen) atoms. The minimum atomic E-state index is 0.429. The first-order chi connectivity index (χ1) is 6.31. The van der Waals surface area contributed by atoms with Crippen LogP contribution in [0.2, 0.25) is 0 Å². The summed E-state index contributed by atoms with van der Waals surface area (Å²) in [4.78, 5) is 0. The molecule has 0 bridgehead atoms. The highest BCUT2D eigenvalue weighted by molar-refractivity contribution is 6.46. The van der Waals surface area contributed by atoms with Crippen molar-refractivity contribution in [2.75, 3.05) is 7.11 Å². The molecule has 0 saturated carbocycles. The molecular weight excluding hydrogens is 165 g/mol. The van der Waals surface area contributed by atoms with Gasteiger partial charge in [-0.15, -0.1) is 0 Å². The zero-order valence-corrected chi connectivity index (χ0v) is 7.32. The summed E-state index contributed by atoms with van der Waals surface area (Å²) in [5.74, 6) is 0. The van der Waals surface area contributed by atoms with Gasteiger partial charge in [0.1, 0.15) is 0 Å². The molecule has 1 aromatic rings. The van der Waals surface area contributed by atoms with E-state index in [4.69, 9.17) is 15.0 Å². The Bertz CT molecular complexity index is 333. The molecule has 1 radical (unpaired) electrons. The predicted molar refractivity (Wildman–Crippen MR) is 49.5 cm³/mol. The van der Waals surface area contributed by atoms with Crippen molar-refractivity contribution in [1.29, 1.82) is 5.26 Å². The summed E-state index contributed by atoms with van der Waals surface area (Å²) in [6, 6.07) is 7.08. The molecule has 0 unspecified atom stereocenters. The van der Waals surface area contributed by atoms with Crippen molar-refractivity contribution in [2.45, 2.75) is 6.61 Å². The van der Waals surface area contributed by atoms with Gasteiger partial charge in [0.25, 0.3) is 0 Å². The van der Waals surface area contributed by atoms with Crippen molar-refractivity contribution < 1.29 is 9.76 Å². The third-order valence-electron chi connectivity index (χ3n) is 1.71. The number of nitriles is 1. The molecule has 0 aliphatic rings. The van der Waals surface area contributed by atoms with Gasteiger partial charge in [-0.1, -0.05) is 6.07 Å². The SMILES string of the molecule is COCc1ccc(C#N)cc1[B]O. The molecule has 0 aromatic heterocycles. The second kappa shape index (κ2) is 4.66. The molecular formula is C9H9BNO2. The average molecular weight is 174 g/mol. The monoisotopic (exact) mass is 174 g/mol. The normalized spacial score (nSPS) is 9.31. The number of hydrogen-bond donors (Lipinski definition) is 1. The predicted octanol–water partition coefficient (Wildman–Crippen LogP) is -0.0585. The van der Waals surface area contributed by atoms with E-state index >= 15 is 0 Å². The molecule has 1 rings (SSSR count). The summed E-state index contributed by atoms with van der Waals surface area (Å²) in [7, 11) is 2.56. The molecule has 0 heterocycles. The van der Waals surface area contributed by atoms with Gasteiger partial charge in [0.05, 0.1) is 18.2 Å². The third-order valence-corrected chi connectivity index (χ3v) is 1.71. The first-order valence-corrected chi connectivity index (χ1v) is 3.81. The van der Waals surface area contributed by atoms with Gasteiger partial charge in [0.15, 0.2) is 0 Å². The standard InChI is InChI=1S/C9H9BNO2/c1-13-6-8-3-2-7(5-11)4-9(8)10-12/h2-4,12H,6H2,1H3. The fraction of sp³-hybridized carbons (Fsp3) is 0.222. The molecule has 0 spiro atoms. The number of ether oxygens (including phenoxy) is 1. The summed E-state index contributed by atoms with van der Waals surface area (Å²) < 4.78 is 4.93. The molecule has 4 heteroatoms. The van der Waals surface area contributed by atoms with Crippen LogP contribution in [0.15, 0.2) is 18.2 Å². The summed E-state index contributed by atoms with van der Waals surface area (Å²) in [6.07, 6.45) is 0. The lowest BCUT2D eigenvalue weighted by molar-refractivity contribution is 0.185. The molecule has 0 atom stereocenters. The van der Waals surface area contributed by atoms with E-state index in [0.29, 0.717) is 17.6 Å². The Morgan fingerprint density at radius 2 is 2.38 bits per heavy atom. The maximum Gasteiger partial charge on any atom is 0.327 e. The van der Waals surface area contributed by atoms with Gasteiger partial charge in [-0.05, 0) is 23.2 Å². The van der Waals surface area contributed by atoms with Crippen molar-refractivity contribution in [3.05, 3.63) is 29.3 Å². The highest BCUT2D eigenvalue weighted by atomic mass is 16.5. The smallest absolute Gasteiger partial charge is 0.327 e. The minimum Gasteiger partial charge on any atom is -0.450 e. The molecule has 0 fully saturated rings. The maximum atomic E-state index is 8.88. The first-order valence-electron chi connectivity index (χ1n) is 3.81. The second-order valence-electron chi connectivity index (χ2n) is 2.59. The van der Waals surface area contributed by atoms with Crippen LogP contribution in [0.1, 0.15) is 11.1 Å². The van der Waals surface area contributed by atoms with Crippen LogP contribution < -0.4 is 5.46 Å². The highest BCUT2D eigenvalue weighted by Gasteiger charge is 2.03. The summed E-state index contributed by atoms with van der Waals surface area (Å²) in [5.41, 5.74) is 2.02. The van der Waals surface area contributed by atoms with Gasteiger partial charge in [-0.25, -0.2) is 0 Å². The van der Waals surface area contributed by atoms with Gasteiger partial charge in [0, 0.05) is 7.11 Å². The topological polar surface area (TPSA) is 53.2 Å². The molecule has 65 valence electrons. The maximum absolute atomic E-state index is 8.88.